The van der Waals surface area contributed by atoms with Gasteiger partial charge in [0.25, 0.3) is 0 Å². The minimum atomic E-state index is -0.196. The van der Waals surface area contributed by atoms with Crippen molar-refractivity contribution in [2.24, 2.45) is 0 Å². The van der Waals surface area contributed by atoms with Crippen molar-refractivity contribution in [2.45, 2.75) is 45.8 Å². The molecule has 4 heteroatoms. The van der Waals surface area contributed by atoms with Gasteiger partial charge in [-0.2, -0.15) is 0 Å². The van der Waals surface area contributed by atoms with Crippen LogP contribution in [0.1, 0.15) is 54.6 Å². The Labute approximate surface area is 226 Å². The van der Waals surface area contributed by atoms with Gasteiger partial charge in [-0.05, 0) is 72.4 Å². The van der Waals surface area contributed by atoms with Crippen molar-refractivity contribution < 1.29 is 14.3 Å². The molecule has 2 atom stereocenters. The molecule has 4 aromatic carbocycles. The van der Waals surface area contributed by atoms with E-state index in [1.807, 2.05) is 25.1 Å². The molecule has 4 aromatic rings. The fourth-order valence-electron chi connectivity index (χ4n) is 4.99. The van der Waals surface area contributed by atoms with E-state index in [1.54, 1.807) is 7.11 Å². The average Bonchev–Trinajstić information content (AvgIpc) is 2.96. The van der Waals surface area contributed by atoms with Crippen molar-refractivity contribution in [3.8, 4) is 16.9 Å². The van der Waals surface area contributed by atoms with Gasteiger partial charge in [0.2, 0.25) is 0 Å². The Balaban J connectivity index is 1.81. The van der Waals surface area contributed by atoms with Crippen LogP contribution in [0.15, 0.2) is 103 Å². The van der Waals surface area contributed by atoms with E-state index in [-0.39, 0.29) is 24.5 Å². The molecule has 0 saturated heterocycles. The molecule has 0 aromatic heterocycles. The second kappa shape index (κ2) is 13.1. The van der Waals surface area contributed by atoms with Crippen LogP contribution >= 0.6 is 0 Å². The molecule has 4 nitrogen and oxygen atoms in total. The monoisotopic (exact) mass is 507 g/mol. The second-order valence-corrected chi connectivity index (χ2v) is 9.58. The molecule has 0 N–H and O–H groups in total. The molecule has 0 aliphatic rings. The first-order valence-corrected chi connectivity index (χ1v) is 13.2. The molecule has 0 fully saturated rings. The molecule has 4 rings (SSSR count). The number of benzene rings is 4. The second-order valence-electron chi connectivity index (χ2n) is 9.58. The van der Waals surface area contributed by atoms with Gasteiger partial charge in [-0.15, -0.1) is 0 Å². The van der Waals surface area contributed by atoms with Crippen LogP contribution in [0.25, 0.3) is 11.1 Å². The van der Waals surface area contributed by atoms with E-state index in [0.717, 1.165) is 22.4 Å². The lowest BCUT2D eigenvalue weighted by molar-refractivity contribution is -0.145. The summed E-state index contributed by atoms with van der Waals surface area (Å²) in [6.07, 6.45) is 0.262. The molecular formula is C34H37NO3. The van der Waals surface area contributed by atoms with Crippen LogP contribution in [-0.4, -0.2) is 24.6 Å². The Hall–Kier alpha value is -3.89. The Bertz CT molecular complexity index is 1320. The fourth-order valence-corrected chi connectivity index (χ4v) is 4.99. The van der Waals surface area contributed by atoms with Crippen molar-refractivity contribution in [3.63, 3.8) is 0 Å². The normalized spacial score (nSPS) is 12.7. The number of methoxy groups -OCH3 is 1. The summed E-state index contributed by atoms with van der Waals surface area (Å²) in [6.45, 7) is 7.24. The molecule has 0 heterocycles. The standard InChI is InChI=1S/C34H37NO3/c1-5-38-34(36)23-33(30-18-12-17-29(21-30)32-22-31(37-4)20-19-25(32)2)35(24-27-13-8-6-9-14-27)26(3)28-15-10-7-11-16-28/h6-22,26,33H,5,23-24H2,1-4H3/t26-,33+/m1/s1. The van der Waals surface area contributed by atoms with Crippen molar-refractivity contribution in [3.05, 3.63) is 125 Å². The number of nitrogens with zero attached hydrogens (tertiary/aromatic N) is 1. The third kappa shape index (κ3) is 6.70. The van der Waals surface area contributed by atoms with E-state index < -0.39 is 0 Å². The summed E-state index contributed by atoms with van der Waals surface area (Å²) in [4.78, 5) is 15.4. The number of carbonyl (C=O) groups is 1. The number of hydrogen-bond acceptors (Lipinski definition) is 4. The zero-order valence-electron chi connectivity index (χ0n) is 22.8. The van der Waals surface area contributed by atoms with Crippen molar-refractivity contribution >= 4 is 5.97 Å². The van der Waals surface area contributed by atoms with E-state index in [9.17, 15) is 4.79 Å². The molecule has 0 radical (unpaired) electrons. The molecule has 38 heavy (non-hydrogen) atoms. The van der Waals surface area contributed by atoms with Gasteiger partial charge < -0.3 is 9.47 Å². The highest BCUT2D eigenvalue weighted by Gasteiger charge is 2.29. The molecule has 0 spiro atoms. The highest BCUT2D eigenvalue weighted by Crippen LogP contribution is 2.37. The fraction of sp³-hybridized carbons (Fsp3) is 0.265. The van der Waals surface area contributed by atoms with Crippen molar-refractivity contribution in [1.82, 2.24) is 4.90 Å². The van der Waals surface area contributed by atoms with Gasteiger partial charge in [-0.3, -0.25) is 9.69 Å². The smallest absolute Gasteiger partial charge is 0.307 e. The summed E-state index contributed by atoms with van der Waals surface area (Å²) < 4.78 is 11.0. The Morgan fingerprint density at radius 3 is 2.21 bits per heavy atom. The third-order valence-corrected chi connectivity index (χ3v) is 7.08. The number of ether oxygens (including phenoxy) is 2. The molecule has 0 unspecified atom stereocenters. The maximum Gasteiger partial charge on any atom is 0.307 e. The lowest BCUT2D eigenvalue weighted by Gasteiger charge is -2.37. The maximum absolute atomic E-state index is 13.0. The van der Waals surface area contributed by atoms with Crippen molar-refractivity contribution in [1.29, 1.82) is 0 Å². The Kier molecular flexibility index (Phi) is 9.34. The first-order chi connectivity index (χ1) is 18.5. The van der Waals surface area contributed by atoms with E-state index in [1.165, 1.54) is 16.7 Å². The highest BCUT2D eigenvalue weighted by molar-refractivity contribution is 5.72. The quantitative estimate of drug-likeness (QED) is 0.193. The molecule has 0 amide bonds. The number of aryl methyl sites for hydroxylation is 1. The molecule has 0 aliphatic heterocycles. The summed E-state index contributed by atoms with van der Waals surface area (Å²) in [5, 5.41) is 0. The number of hydrogen-bond donors (Lipinski definition) is 0. The van der Waals surface area contributed by atoms with E-state index in [0.29, 0.717) is 13.2 Å². The van der Waals surface area contributed by atoms with E-state index >= 15 is 0 Å². The van der Waals surface area contributed by atoms with Crippen LogP contribution in [0.5, 0.6) is 5.75 Å². The predicted molar refractivity (Wildman–Crippen MR) is 154 cm³/mol. The van der Waals surface area contributed by atoms with Gasteiger partial charge in [-0.1, -0.05) is 84.9 Å². The zero-order valence-corrected chi connectivity index (χ0v) is 22.8. The van der Waals surface area contributed by atoms with E-state index in [2.05, 4.69) is 104 Å². The van der Waals surface area contributed by atoms with Crippen LogP contribution in [-0.2, 0) is 16.1 Å². The average molecular weight is 508 g/mol. The van der Waals surface area contributed by atoms with Gasteiger partial charge >= 0.3 is 5.97 Å². The van der Waals surface area contributed by atoms with Crippen LogP contribution in [0.3, 0.4) is 0 Å². The lowest BCUT2D eigenvalue weighted by atomic mass is 9.93. The molecular weight excluding hydrogens is 470 g/mol. The Morgan fingerprint density at radius 2 is 1.53 bits per heavy atom. The van der Waals surface area contributed by atoms with Crippen molar-refractivity contribution in [2.75, 3.05) is 13.7 Å². The van der Waals surface area contributed by atoms with E-state index in [4.69, 9.17) is 9.47 Å². The van der Waals surface area contributed by atoms with Gasteiger partial charge in [0.1, 0.15) is 5.75 Å². The topological polar surface area (TPSA) is 38.8 Å². The predicted octanol–water partition coefficient (Wildman–Crippen LogP) is 7.93. The maximum atomic E-state index is 13.0. The molecule has 0 bridgehead atoms. The minimum Gasteiger partial charge on any atom is -0.497 e. The number of carbonyl (C=O) groups excluding carboxylic acids is 1. The first-order valence-electron chi connectivity index (χ1n) is 13.2. The Morgan fingerprint density at radius 1 is 0.842 bits per heavy atom. The summed E-state index contributed by atoms with van der Waals surface area (Å²) >= 11 is 0. The summed E-state index contributed by atoms with van der Waals surface area (Å²) in [5.41, 5.74) is 6.87. The molecule has 0 aliphatic carbocycles. The SMILES string of the molecule is CCOC(=O)C[C@@H](c1cccc(-c2cc(OC)ccc2C)c1)N(Cc1ccccc1)[C@H](C)c1ccccc1. The summed E-state index contributed by atoms with van der Waals surface area (Å²) in [7, 11) is 1.69. The van der Waals surface area contributed by atoms with Gasteiger partial charge in [0.05, 0.1) is 20.1 Å². The summed E-state index contributed by atoms with van der Waals surface area (Å²) in [5.74, 6) is 0.626. The third-order valence-electron chi connectivity index (χ3n) is 7.08. The number of esters is 1. The largest absolute Gasteiger partial charge is 0.497 e. The molecule has 196 valence electrons. The van der Waals surface area contributed by atoms with Crippen LogP contribution in [0.2, 0.25) is 0 Å². The highest BCUT2D eigenvalue weighted by atomic mass is 16.5. The number of rotatable bonds is 11. The van der Waals surface area contributed by atoms with Crippen LogP contribution in [0.4, 0.5) is 0 Å². The summed E-state index contributed by atoms with van der Waals surface area (Å²) in [6, 6.07) is 35.5. The molecule has 0 saturated carbocycles. The van der Waals surface area contributed by atoms with Crippen LogP contribution < -0.4 is 4.74 Å². The van der Waals surface area contributed by atoms with Gasteiger partial charge in [-0.25, -0.2) is 0 Å². The first kappa shape index (κ1) is 27.2. The van der Waals surface area contributed by atoms with Crippen LogP contribution in [0, 0.1) is 6.92 Å². The lowest BCUT2D eigenvalue weighted by Crippen LogP contribution is -2.33. The van der Waals surface area contributed by atoms with Gasteiger partial charge in [0.15, 0.2) is 0 Å². The zero-order chi connectivity index (χ0) is 26.9. The van der Waals surface area contributed by atoms with Gasteiger partial charge in [0, 0.05) is 18.6 Å². The minimum absolute atomic E-state index is 0.0676.